The SMILES string of the molecule is CC(C)(C)OC(=O)N1CCC[C@H]1NC(=O)ON1C(=O)CCC1=O. The minimum atomic E-state index is -0.950. The fraction of sp³-hybridized carbons (Fsp3) is 0.714. The lowest BCUT2D eigenvalue weighted by atomic mass is 10.2. The van der Waals surface area contributed by atoms with E-state index in [2.05, 4.69) is 5.32 Å². The van der Waals surface area contributed by atoms with E-state index >= 15 is 0 Å². The first-order valence-electron chi connectivity index (χ1n) is 7.51. The van der Waals surface area contributed by atoms with Gasteiger partial charge in [0, 0.05) is 19.4 Å². The molecule has 2 rings (SSSR count). The van der Waals surface area contributed by atoms with Gasteiger partial charge in [-0.05, 0) is 33.6 Å². The molecule has 0 aromatic heterocycles. The Morgan fingerprint density at radius 3 is 2.35 bits per heavy atom. The number of imide groups is 1. The van der Waals surface area contributed by atoms with Crippen LogP contribution < -0.4 is 5.32 Å². The molecule has 2 saturated heterocycles. The van der Waals surface area contributed by atoms with Crippen LogP contribution in [0.1, 0.15) is 46.5 Å². The van der Waals surface area contributed by atoms with Gasteiger partial charge in [-0.1, -0.05) is 0 Å². The molecule has 0 aromatic carbocycles. The lowest BCUT2D eigenvalue weighted by molar-refractivity contribution is -0.171. The van der Waals surface area contributed by atoms with Crippen LogP contribution in [0.25, 0.3) is 0 Å². The largest absolute Gasteiger partial charge is 0.444 e. The Hall–Kier alpha value is -2.32. The van der Waals surface area contributed by atoms with E-state index in [1.54, 1.807) is 20.8 Å². The second-order valence-electron chi connectivity index (χ2n) is 6.44. The van der Waals surface area contributed by atoms with Gasteiger partial charge in [-0.3, -0.25) is 19.8 Å². The first-order chi connectivity index (χ1) is 10.7. The summed E-state index contributed by atoms with van der Waals surface area (Å²) in [5.41, 5.74) is -0.640. The molecule has 0 bridgehead atoms. The Kier molecular flexibility index (Phi) is 4.76. The number of carbonyl (C=O) groups excluding carboxylic acids is 4. The number of hydrogen-bond acceptors (Lipinski definition) is 6. The quantitative estimate of drug-likeness (QED) is 0.762. The van der Waals surface area contributed by atoms with Crippen molar-refractivity contribution in [1.29, 1.82) is 0 Å². The van der Waals surface area contributed by atoms with Gasteiger partial charge in [0.05, 0.1) is 0 Å². The predicted octanol–water partition coefficient (Wildman–Crippen LogP) is 1.13. The van der Waals surface area contributed by atoms with Crippen molar-refractivity contribution in [2.75, 3.05) is 6.54 Å². The lowest BCUT2D eigenvalue weighted by Crippen LogP contribution is -2.50. The lowest BCUT2D eigenvalue weighted by Gasteiger charge is -2.28. The van der Waals surface area contributed by atoms with Crippen molar-refractivity contribution in [3.8, 4) is 0 Å². The molecule has 0 spiro atoms. The Morgan fingerprint density at radius 2 is 1.78 bits per heavy atom. The smallest absolute Gasteiger partial charge is 0.433 e. The maximum atomic E-state index is 12.1. The van der Waals surface area contributed by atoms with Crippen LogP contribution in [0.5, 0.6) is 0 Å². The van der Waals surface area contributed by atoms with Gasteiger partial charge in [-0.25, -0.2) is 9.59 Å². The number of nitrogens with zero attached hydrogens (tertiary/aromatic N) is 2. The summed E-state index contributed by atoms with van der Waals surface area (Å²) in [5, 5.41) is 2.94. The Morgan fingerprint density at radius 1 is 1.17 bits per heavy atom. The maximum absolute atomic E-state index is 12.1. The topological polar surface area (TPSA) is 105 Å². The van der Waals surface area contributed by atoms with E-state index in [0.29, 0.717) is 24.4 Å². The maximum Gasteiger partial charge on any atom is 0.433 e. The first-order valence-corrected chi connectivity index (χ1v) is 7.51. The molecule has 1 N–H and O–H groups in total. The Labute approximate surface area is 133 Å². The van der Waals surface area contributed by atoms with Crippen LogP contribution in [0.3, 0.4) is 0 Å². The third-order valence-corrected chi connectivity index (χ3v) is 3.35. The average Bonchev–Trinajstić information content (AvgIpc) is 2.98. The molecule has 0 saturated carbocycles. The highest BCUT2D eigenvalue weighted by atomic mass is 16.7. The van der Waals surface area contributed by atoms with Crippen LogP contribution in [0.15, 0.2) is 0 Å². The molecule has 4 amide bonds. The highest BCUT2D eigenvalue weighted by Crippen LogP contribution is 2.19. The standard InChI is InChI=1S/C14H21N3O6/c1-14(2,3)22-13(21)16-8-4-5-9(16)15-12(20)23-17-10(18)6-7-11(17)19/h9H,4-8H2,1-3H3,(H,15,20)/t9-/m0/s1. The molecular weight excluding hydrogens is 306 g/mol. The number of hydroxylamine groups is 2. The molecule has 0 aliphatic carbocycles. The number of hydrogen-bond donors (Lipinski definition) is 1. The molecule has 0 aromatic rings. The predicted molar refractivity (Wildman–Crippen MR) is 76.7 cm³/mol. The number of carbonyl (C=O) groups is 4. The third-order valence-electron chi connectivity index (χ3n) is 3.35. The number of rotatable bonds is 2. The molecule has 9 nitrogen and oxygen atoms in total. The van der Waals surface area contributed by atoms with Crippen LogP contribution in [-0.2, 0) is 19.2 Å². The molecule has 9 heteroatoms. The summed E-state index contributed by atoms with van der Waals surface area (Å²) in [7, 11) is 0. The Balaban J connectivity index is 1.90. The zero-order valence-electron chi connectivity index (χ0n) is 13.5. The van der Waals surface area contributed by atoms with Crippen LogP contribution in [0, 0.1) is 0 Å². The minimum Gasteiger partial charge on any atom is -0.444 e. The van der Waals surface area contributed by atoms with Gasteiger partial charge in [0.25, 0.3) is 11.8 Å². The van der Waals surface area contributed by atoms with E-state index in [1.807, 2.05) is 0 Å². The molecule has 2 aliphatic rings. The molecule has 2 aliphatic heterocycles. The van der Waals surface area contributed by atoms with Gasteiger partial charge in [-0.15, -0.1) is 5.06 Å². The molecule has 0 unspecified atom stereocenters. The summed E-state index contributed by atoms with van der Waals surface area (Å²) in [5.74, 6) is -1.11. The van der Waals surface area contributed by atoms with Gasteiger partial charge in [0.2, 0.25) is 0 Å². The second kappa shape index (κ2) is 6.43. The molecule has 2 fully saturated rings. The van der Waals surface area contributed by atoms with Gasteiger partial charge in [0.1, 0.15) is 11.8 Å². The highest BCUT2D eigenvalue weighted by Gasteiger charge is 2.36. The summed E-state index contributed by atoms with van der Waals surface area (Å²) in [6, 6.07) is 0. The molecule has 23 heavy (non-hydrogen) atoms. The molecule has 128 valence electrons. The van der Waals surface area contributed by atoms with Gasteiger partial charge >= 0.3 is 12.2 Å². The van der Waals surface area contributed by atoms with Crippen molar-refractivity contribution in [2.45, 2.75) is 58.2 Å². The van der Waals surface area contributed by atoms with E-state index < -0.39 is 35.8 Å². The van der Waals surface area contributed by atoms with Crippen LogP contribution in [-0.4, -0.2) is 52.3 Å². The summed E-state index contributed by atoms with van der Waals surface area (Å²) in [4.78, 5) is 52.9. The fourth-order valence-electron chi connectivity index (χ4n) is 2.36. The van der Waals surface area contributed by atoms with Crippen molar-refractivity contribution in [3.63, 3.8) is 0 Å². The molecule has 0 radical (unpaired) electrons. The van der Waals surface area contributed by atoms with Crippen molar-refractivity contribution >= 4 is 24.0 Å². The van der Waals surface area contributed by atoms with Crippen molar-refractivity contribution < 1.29 is 28.8 Å². The molecule has 1 atom stereocenters. The van der Waals surface area contributed by atoms with E-state index in [9.17, 15) is 19.2 Å². The third kappa shape index (κ3) is 4.33. The number of amides is 4. The van der Waals surface area contributed by atoms with E-state index in [0.717, 1.165) is 0 Å². The van der Waals surface area contributed by atoms with E-state index in [1.165, 1.54) is 4.90 Å². The fourth-order valence-corrected chi connectivity index (χ4v) is 2.36. The highest BCUT2D eigenvalue weighted by molar-refractivity contribution is 6.01. The number of likely N-dealkylation sites (tertiary alicyclic amines) is 1. The molecular formula is C14H21N3O6. The number of ether oxygens (including phenoxy) is 1. The van der Waals surface area contributed by atoms with E-state index in [4.69, 9.17) is 9.57 Å². The van der Waals surface area contributed by atoms with Gasteiger partial charge in [-0.2, -0.15) is 0 Å². The van der Waals surface area contributed by atoms with Gasteiger partial charge in [0.15, 0.2) is 0 Å². The summed E-state index contributed by atoms with van der Waals surface area (Å²) >= 11 is 0. The van der Waals surface area contributed by atoms with E-state index in [-0.39, 0.29) is 12.8 Å². The minimum absolute atomic E-state index is 0.0274. The average molecular weight is 327 g/mol. The normalized spacial score (nSPS) is 21.6. The summed E-state index contributed by atoms with van der Waals surface area (Å²) < 4.78 is 5.28. The van der Waals surface area contributed by atoms with Gasteiger partial charge < -0.3 is 9.57 Å². The summed E-state index contributed by atoms with van der Waals surface area (Å²) in [6.07, 6.45) is -0.783. The Bertz CT molecular complexity index is 511. The zero-order valence-corrected chi connectivity index (χ0v) is 13.5. The first kappa shape index (κ1) is 17.0. The monoisotopic (exact) mass is 327 g/mol. The summed E-state index contributed by atoms with van der Waals surface area (Å²) in [6.45, 7) is 5.70. The van der Waals surface area contributed by atoms with Crippen molar-refractivity contribution in [1.82, 2.24) is 15.3 Å². The van der Waals surface area contributed by atoms with Crippen LogP contribution in [0.2, 0.25) is 0 Å². The zero-order chi connectivity index (χ0) is 17.2. The molecule has 2 heterocycles. The van der Waals surface area contributed by atoms with Crippen molar-refractivity contribution in [2.24, 2.45) is 0 Å². The second-order valence-corrected chi connectivity index (χ2v) is 6.44. The van der Waals surface area contributed by atoms with Crippen LogP contribution >= 0.6 is 0 Å². The van der Waals surface area contributed by atoms with Crippen molar-refractivity contribution in [3.05, 3.63) is 0 Å². The van der Waals surface area contributed by atoms with Crippen LogP contribution in [0.4, 0.5) is 9.59 Å². The number of nitrogens with one attached hydrogen (secondary N) is 1.